The summed E-state index contributed by atoms with van der Waals surface area (Å²) in [5, 5.41) is 4.39. The maximum atomic E-state index is 12.4. The van der Waals surface area contributed by atoms with E-state index in [-0.39, 0.29) is 5.91 Å². The van der Waals surface area contributed by atoms with Gasteiger partial charge in [0.15, 0.2) is 5.69 Å². The first-order valence-corrected chi connectivity index (χ1v) is 7.34. The second-order valence-corrected chi connectivity index (χ2v) is 5.71. The lowest BCUT2D eigenvalue weighted by atomic mass is 9.99. The summed E-state index contributed by atoms with van der Waals surface area (Å²) in [6, 6.07) is 9.20. The van der Waals surface area contributed by atoms with E-state index >= 15 is 0 Å². The molecule has 0 saturated carbocycles. The molecule has 0 atom stereocenters. The number of piperidine rings is 1. The molecule has 0 aliphatic carbocycles. The first-order valence-electron chi connectivity index (χ1n) is 7.34. The zero-order chi connectivity index (χ0) is 14.8. The van der Waals surface area contributed by atoms with Crippen LogP contribution in [-0.2, 0) is 0 Å². The van der Waals surface area contributed by atoms with Gasteiger partial charge in [0, 0.05) is 25.0 Å². The van der Waals surface area contributed by atoms with E-state index < -0.39 is 0 Å². The van der Waals surface area contributed by atoms with E-state index in [0.717, 1.165) is 31.6 Å². The fraction of sp³-hybridized carbons (Fsp3) is 0.375. The zero-order valence-electron chi connectivity index (χ0n) is 12.2. The van der Waals surface area contributed by atoms with Crippen LogP contribution >= 0.6 is 0 Å². The minimum atomic E-state index is 0.0242. The molecule has 2 heterocycles. The number of aromatic nitrogens is 2. The Kier molecular flexibility index (Phi) is 3.64. The largest absolute Gasteiger partial charge is 0.399 e. The van der Waals surface area contributed by atoms with E-state index in [9.17, 15) is 4.79 Å². The highest BCUT2D eigenvalue weighted by Gasteiger charge is 2.23. The summed E-state index contributed by atoms with van der Waals surface area (Å²) in [6.07, 6.45) is 3.96. The maximum Gasteiger partial charge on any atom is 0.274 e. The Hall–Kier alpha value is -2.30. The molecule has 5 heteroatoms. The number of anilines is 1. The highest BCUT2D eigenvalue weighted by Crippen LogP contribution is 2.18. The van der Waals surface area contributed by atoms with Crippen LogP contribution in [0.25, 0.3) is 5.69 Å². The van der Waals surface area contributed by atoms with Crippen molar-refractivity contribution in [1.82, 2.24) is 14.7 Å². The van der Waals surface area contributed by atoms with Gasteiger partial charge in [-0.05, 0) is 49.1 Å². The molecule has 0 bridgehead atoms. The molecule has 2 N–H and O–H groups in total. The first-order chi connectivity index (χ1) is 10.1. The molecule has 1 aliphatic heterocycles. The third-order valence-electron chi connectivity index (χ3n) is 4.04. The molecule has 1 saturated heterocycles. The summed E-state index contributed by atoms with van der Waals surface area (Å²) in [4.78, 5) is 14.3. The van der Waals surface area contributed by atoms with Crippen LogP contribution in [0.2, 0.25) is 0 Å². The van der Waals surface area contributed by atoms with Crippen LogP contribution in [-0.4, -0.2) is 33.7 Å². The molecule has 21 heavy (non-hydrogen) atoms. The van der Waals surface area contributed by atoms with Crippen LogP contribution < -0.4 is 5.73 Å². The van der Waals surface area contributed by atoms with Gasteiger partial charge in [-0.2, -0.15) is 5.10 Å². The standard InChI is InChI=1S/C16H20N4O/c1-12-6-9-19(10-7-12)16(21)15-8-11-20(18-15)14-4-2-13(17)3-5-14/h2-5,8,11-12H,6-7,9-10,17H2,1H3. The Morgan fingerprint density at radius 2 is 1.86 bits per heavy atom. The van der Waals surface area contributed by atoms with Crippen molar-refractivity contribution >= 4 is 11.6 Å². The van der Waals surface area contributed by atoms with Gasteiger partial charge in [0.2, 0.25) is 0 Å². The summed E-state index contributed by atoms with van der Waals surface area (Å²) >= 11 is 0. The molecule has 1 amide bonds. The smallest absolute Gasteiger partial charge is 0.274 e. The van der Waals surface area contributed by atoms with Crippen LogP contribution in [0, 0.1) is 5.92 Å². The molecule has 5 nitrogen and oxygen atoms in total. The molecule has 1 aromatic carbocycles. The lowest BCUT2D eigenvalue weighted by Crippen LogP contribution is -2.38. The highest BCUT2D eigenvalue weighted by atomic mass is 16.2. The Balaban J connectivity index is 1.75. The van der Waals surface area contributed by atoms with Gasteiger partial charge in [-0.25, -0.2) is 4.68 Å². The van der Waals surface area contributed by atoms with Gasteiger partial charge in [0.25, 0.3) is 5.91 Å². The highest BCUT2D eigenvalue weighted by molar-refractivity contribution is 5.92. The van der Waals surface area contributed by atoms with Crippen molar-refractivity contribution in [1.29, 1.82) is 0 Å². The number of hydrogen-bond acceptors (Lipinski definition) is 3. The number of likely N-dealkylation sites (tertiary alicyclic amines) is 1. The lowest BCUT2D eigenvalue weighted by Gasteiger charge is -2.29. The minimum absolute atomic E-state index is 0.0242. The topological polar surface area (TPSA) is 64.2 Å². The van der Waals surface area contributed by atoms with Crippen LogP contribution in [0.4, 0.5) is 5.69 Å². The molecule has 1 aliphatic rings. The quantitative estimate of drug-likeness (QED) is 0.861. The van der Waals surface area contributed by atoms with Crippen molar-refractivity contribution in [2.24, 2.45) is 5.92 Å². The number of nitrogen functional groups attached to an aromatic ring is 1. The van der Waals surface area contributed by atoms with E-state index in [0.29, 0.717) is 17.3 Å². The average Bonchev–Trinajstić information content (AvgIpc) is 2.98. The van der Waals surface area contributed by atoms with Crippen molar-refractivity contribution in [2.45, 2.75) is 19.8 Å². The Labute approximate surface area is 124 Å². The lowest BCUT2D eigenvalue weighted by molar-refractivity contribution is 0.0691. The summed E-state index contributed by atoms with van der Waals surface area (Å²) in [6.45, 7) is 3.89. The zero-order valence-corrected chi connectivity index (χ0v) is 12.2. The van der Waals surface area contributed by atoms with Gasteiger partial charge >= 0.3 is 0 Å². The van der Waals surface area contributed by atoms with Gasteiger partial charge in [0.05, 0.1) is 5.69 Å². The number of nitrogens with two attached hydrogens (primary N) is 1. The van der Waals surface area contributed by atoms with Crippen molar-refractivity contribution in [3.8, 4) is 5.69 Å². The van der Waals surface area contributed by atoms with Crippen molar-refractivity contribution in [3.05, 3.63) is 42.2 Å². The van der Waals surface area contributed by atoms with Crippen LogP contribution in [0.1, 0.15) is 30.3 Å². The van der Waals surface area contributed by atoms with Crippen molar-refractivity contribution in [2.75, 3.05) is 18.8 Å². The monoisotopic (exact) mass is 284 g/mol. The molecule has 0 spiro atoms. The molecular formula is C16H20N4O. The molecule has 0 unspecified atom stereocenters. The first kappa shape index (κ1) is 13.7. The van der Waals surface area contributed by atoms with Gasteiger partial charge in [0.1, 0.15) is 0 Å². The van der Waals surface area contributed by atoms with Crippen LogP contribution in [0.15, 0.2) is 36.5 Å². The van der Waals surface area contributed by atoms with E-state index in [1.807, 2.05) is 35.4 Å². The van der Waals surface area contributed by atoms with Gasteiger partial charge < -0.3 is 10.6 Å². The molecular weight excluding hydrogens is 264 g/mol. The number of benzene rings is 1. The van der Waals surface area contributed by atoms with E-state index in [4.69, 9.17) is 5.73 Å². The predicted octanol–water partition coefficient (Wildman–Crippen LogP) is 2.33. The molecule has 3 rings (SSSR count). The number of carbonyl (C=O) groups excluding carboxylic acids is 1. The number of carbonyl (C=O) groups is 1. The van der Waals surface area contributed by atoms with E-state index in [1.54, 1.807) is 10.7 Å². The van der Waals surface area contributed by atoms with Gasteiger partial charge in [-0.3, -0.25) is 4.79 Å². The SMILES string of the molecule is CC1CCN(C(=O)c2ccn(-c3ccc(N)cc3)n2)CC1. The normalized spacial score (nSPS) is 16.1. The van der Waals surface area contributed by atoms with Gasteiger partial charge in [-0.1, -0.05) is 6.92 Å². The van der Waals surface area contributed by atoms with Gasteiger partial charge in [-0.15, -0.1) is 0 Å². The molecule has 2 aromatic rings. The molecule has 0 radical (unpaired) electrons. The Morgan fingerprint density at radius 1 is 1.19 bits per heavy atom. The summed E-state index contributed by atoms with van der Waals surface area (Å²) in [5.41, 5.74) is 7.79. The molecule has 110 valence electrons. The minimum Gasteiger partial charge on any atom is -0.399 e. The van der Waals surface area contributed by atoms with Crippen molar-refractivity contribution in [3.63, 3.8) is 0 Å². The summed E-state index contributed by atoms with van der Waals surface area (Å²) in [7, 11) is 0. The third kappa shape index (κ3) is 2.91. The van der Waals surface area contributed by atoms with E-state index in [1.165, 1.54) is 0 Å². The average molecular weight is 284 g/mol. The van der Waals surface area contributed by atoms with Crippen LogP contribution in [0.5, 0.6) is 0 Å². The summed E-state index contributed by atoms with van der Waals surface area (Å²) in [5.74, 6) is 0.734. The number of nitrogens with zero attached hydrogens (tertiary/aromatic N) is 3. The second kappa shape index (κ2) is 5.60. The number of hydrogen-bond donors (Lipinski definition) is 1. The Morgan fingerprint density at radius 3 is 2.52 bits per heavy atom. The van der Waals surface area contributed by atoms with Crippen LogP contribution in [0.3, 0.4) is 0 Å². The fourth-order valence-corrected chi connectivity index (χ4v) is 2.58. The van der Waals surface area contributed by atoms with Crippen molar-refractivity contribution < 1.29 is 4.79 Å². The van der Waals surface area contributed by atoms with E-state index in [2.05, 4.69) is 12.0 Å². The second-order valence-electron chi connectivity index (χ2n) is 5.71. The number of rotatable bonds is 2. The molecule has 1 aromatic heterocycles. The maximum absolute atomic E-state index is 12.4. The third-order valence-corrected chi connectivity index (χ3v) is 4.04. The Bertz CT molecular complexity index is 624. The fourth-order valence-electron chi connectivity index (χ4n) is 2.58. The predicted molar refractivity (Wildman–Crippen MR) is 82.3 cm³/mol. The molecule has 1 fully saturated rings. The summed E-state index contributed by atoms with van der Waals surface area (Å²) < 4.78 is 1.71. The number of amides is 1.